The molecule has 3 aromatic carbocycles. The van der Waals surface area contributed by atoms with Gasteiger partial charge in [-0.15, -0.1) is 0 Å². The van der Waals surface area contributed by atoms with E-state index in [1.807, 2.05) is 78.6 Å². The number of hydrogen-bond donors (Lipinski definition) is 1. The second-order valence-electron chi connectivity index (χ2n) is 7.90. The Labute approximate surface area is 177 Å². The van der Waals surface area contributed by atoms with Crippen LogP contribution in [0.25, 0.3) is 10.8 Å². The molecule has 0 aliphatic carbocycles. The van der Waals surface area contributed by atoms with Gasteiger partial charge in [-0.05, 0) is 41.5 Å². The van der Waals surface area contributed by atoms with Gasteiger partial charge in [0.1, 0.15) is 18.5 Å². The molecule has 30 heavy (non-hydrogen) atoms. The Kier molecular flexibility index (Phi) is 6.31. The maximum Gasteiger partial charge on any atom is 0.254 e. The smallest absolute Gasteiger partial charge is 0.254 e. The number of aryl methyl sites for hydroxylation is 1. The average molecular weight is 405 g/mol. The number of fused-ring (bicyclic) bond motifs is 1. The number of carbonyl (C=O) groups is 1. The van der Waals surface area contributed by atoms with Gasteiger partial charge < -0.3 is 14.7 Å². The standard InChI is InChI=1S/C25H28N2O3/c1-19-6-4-9-22(16-19)30-18-21(28)17-26-12-14-27(15-13-26)25(29)24-11-5-8-20-7-2-3-10-23(20)24/h2-11,16,21,28H,12-15,17-18H2,1H3. The van der Waals surface area contributed by atoms with Crippen molar-refractivity contribution in [3.8, 4) is 5.75 Å². The molecule has 156 valence electrons. The molecule has 3 aromatic rings. The number of hydrogen-bond acceptors (Lipinski definition) is 4. The van der Waals surface area contributed by atoms with Crippen molar-refractivity contribution in [1.29, 1.82) is 0 Å². The number of amides is 1. The van der Waals surface area contributed by atoms with E-state index in [1.54, 1.807) is 0 Å². The minimum atomic E-state index is -0.564. The molecule has 0 aromatic heterocycles. The van der Waals surface area contributed by atoms with Crippen LogP contribution in [0, 0.1) is 6.92 Å². The predicted octanol–water partition coefficient (Wildman–Crippen LogP) is 3.35. The highest BCUT2D eigenvalue weighted by Gasteiger charge is 2.24. The number of carbonyl (C=O) groups excluding carboxylic acids is 1. The Balaban J connectivity index is 1.28. The van der Waals surface area contributed by atoms with Gasteiger partial charge in [0.15, 0.2) is 0 Å². The van der Waals surface area contributed by atoms with E-state index in [0.29, 0.717) is 19.6 Å². The topological polar surface area (TPSA) is 53.0 Å². The van der Waals surface area contributed by atoms with Crippen molar-refractivity contribution in [2.45, 2.75) is 13.0 Å². The summed E-state index contributed by atoms with van der Waals surface area (Å²) in [5, 5.41) is 12.4. The number of aliphatic hydroxyl groups is 1. The van der Waals surface area contributed by atoms with Crippen molar-refractivity contribution in [1.82, 2.24) is 9.80 Å². The number of rotatable bonds is 6. The third kappa shape index (κ3) is 4.81. The van der Waals surface area contributed by atoms with E-state index in [1.165, 1.54) is 0 Å². The fraction of sp³-hybridized carbons (Fsp3) is 0.320. The molecule has 0 radical (unpaired) electrons. The van der Waals surface area contributed by atoms with Crippen LogP contribution in [-0.4, -0.2) is 66.2 Å². The van der Waals surface area contributed by atoms with Crippen molar-refractivity contribution >= 4 is 16.7 Å². The zero-order chi connectivity index (χ0) is 20.9. The van der Waals surface area contributed by atoms with Crippen LogP contribution in [0.1, 0.15) is 15.9 Å². The summed E-state index contributed by atoms with van der Waals surface area (Å²) in [6.45, 7) is 5.64. The Bertz CT molecular complexity index is 1010. The van der Waals surface area contributed by atoms with Gasteiger partial charge in [0.05, 0.1) is 0 Å². The minimum Gasteiger partial charge on any atom is -0.491 e. The normalized spacial score (nSPS) is 15.9. The van der Waals surface area contributed by atoms with Gasteiger partial charge in [0, 0.05) is 38.3 Å². The number of aliphatic hydroxyl groups excluding tert-OH is 1. The van der Waals surface area contributed by atoms with E-state index in [-0.39, 0.29) is 12.5 Å². The summed E-state index contributed by atoms with van der Waals surface area (Å²) in [7, 11) is 0. The molecule has 0 spiro atoms. The Morgan fingerprint density at radius 3 is 2.53 bits per heavy atom. The fourth-order valence-electron chi connectivity index (χ4n) is 3.96. The molecule has 1 amide bonds. The van der Waals surface area contributed by atoms with E-state index in [0.717, 1.165) is 40.7 Å². The molecule has 4 rings (SSSR count). The lowest BCUT2D eigenvalue weighted by molar-refractivity contribution is 0.0404. The monoisotopic (exact) mass is 404 g/mol. The Morgan fingerprint density at radius 2 is 1.73 bits per heavy atom. The highest BCUT2D eigenvalue weighted by Crippen LogP contribution is 2.21. The molecule has 1 N–H and O–H groups in total. The highest BCUT2D eigenvalue weighted by atomic mass is 16.5. The molecule has 1 unspecified atom stereocenters. The summed E-state index contributed by atoms with van der Waals surface area (Å²) < 4.78 is 5.71. The van der Waals surface area contributed by atoms with Crippen molar-refractivity contribution < 1.29 is 14.6 Å². The van der Waals surface area contributed by atoms with E-state index in [4.69, 9.17) is 4.74 Å². The van der Waals surface area contributed by atoms with Crippen molar-refractivity contribution in [3.63, 3.8) is 0 Å². The molecule has 1 aliphatic heterocycles. The van der Waals surface area contributed by atoms with E-state index in [9.17, 15) is 9.90 Å². The van der Waals surface area contributed by atoms with Crippen LogP contribution < -0.4 is 4.74 Å². The molecule has 1 atom stereocenters. The van der Waals surface area contributed by atoms with Crippen molar-refractivity contribution in [3.05, 3.63) is 77.9 Å². The van der Waals surface area contributed by atoms with Gasteiger partial charge in [0.2, 0.25) is 0 Å². The van der Waals surface area contributed by atoms with E-state index in [2.05, 4.69) is 4.90 Å². The number of benzene rings is 3. The van der Waals surface area contributed by atoms with Crippen molar-refractivity contribution in [2.75, 3.05) is 39.3 Å². The maximum atomic E-state index is 13.1. The van der Waals surface area contributed by atoms with Crippen LogP contribution in [0.4, 0.5) is 0 Å². The lowest BCUT2D eigenvalue weighted by atomic mass is 10.0. The molecule has 0 saturated carbocycles. The lowest BCUT2D eigenvalue weighted by Crippen LogP contribution is -2.51. The fourth-order valence-corrected chi connectivity index (χ4v) is 3.96. The summed E-state index contributed by atoms with van der Waals surface area (Å²) in [6.07, 6.45) is -0.564. The molecule has 1 fully saturated rings. The van der Waals surface area contributed by atoms with Crippen LogP contribution >= 0.6 is 0 Å². The first-order valence-electron chi connectivity index (χ1n) is 10.5. The van der Waals surface area contributed by atoms with Gasteiger partial charge in [-0.1, -0.05) is 48.5 Å². The number of β-amino-alcohol motifs (C(OH)–C–C–N with tert-alkyl or cyclic N) is 1. The molecular formula is C25H28N2O3. The first-order chi connectivity index (χ1) is 14.6. The number of ether oxygens (including phenoxy) is 1. The summed E-state index contributed by atoms with van der Waals surface area (Å²) in [6, 6.07) is 21.7. The van der Waals surface area contributed by atoms with Gasteiger partial charge in [-0.25, -0.2) is 0 Å². The lowest BCUT2D eigenvalue weighted by Gasteiger charge is -2.35. The van der Waals surface area contributed by atoms with Crippen LogP contribution in [0.15, 0.2) is 66.7 Å². The molecule has 1 saturated heterocycles. The molecule has 5 nitrogen and oxygen atoms in total. The number of piperazine rings is 1. The van der Waals surface area contributed by atoms with Gasteiger partial charge >= 0.3 is 0 Å². The molecule has 5 heteroatoms. The Morgan fingerprint density at radius 1 is 1.00 bits per heavy atom. The highest BCUT2D eigenvalue weighted by molar-refractivity contribution is 6.07. The first kappa shape index (κ1) is 20.4. The summed E-state index contributed by atoms with van der Waals surface area (Å²) in [5.74, 6) is 0.856. The quantitative estimate of drug-likeness (QED) is 0.685. The maximum absolute atomic E-state index is 13.1. The molecule has 1 heterocycles. The third-order valence-corrected chi connectivity index (χ3v) is 5.58. The SMILES string of the molecule is Cc1cccc(OCC(O)CN2CCN(C(=O)c3cccc4ccccc34)CC2)c1. The summed E-state index contributed by atoms with van der Waals surface area (Å²) in [4.78, 5) is 17.2. The number of nitrogens with zero attached hydrogens (tertiary/aromatic N) is 2. The van der Waals surface area contributed by atoms with Crippen LogP contribution in [0.2, 0.25) is 0 Å². The van der Waals surface area contributed by atoms with Crippen molar-refractivity contribution in [2.24, 2.45) is 0 Å². The largest absolute Gasteiger partial charge is 0.491 e. The van der Waals surface area contributed by atoms with Gasteiger partial charge in [-0.3, -0.25) is 9.69 Å². The summed E-state index contributed by atoms with van der Waals surface area (Å²) >= 11 is 0. The second-order valence-corrected chi connectivity index (χ2v) is 7.90. The predicted molar refractivity (Wildman–Crippen MR) is 119 cm³/mol. The van der Waals surface area contributed by atoms with E-state index >= 15 is 0 Å². The summed E-state index contributed by atoms with van der Waals surface area (Å²) in [5.41, 5.74) is 1.89. The average Bonchev–Trinajstić information content (AvgIpc) is 2.77. The second kappa shape index (κ2) is 9.28. The zero-order valence-corrected chi connectivity index (χ0v) is 17.3. The van der Waals surface area contributed by atoms with E-state index < -0.39 is 6.10 Å². The van der Waals surface area contributed by atoms with Gasteiger partial charge in [0.25, 0.3) is 5.91 Å². The van der Waals surface area contributed by atoms with Crippen LogP contribution in [0.3, 0.4) is 0 Å². The Hall–Kier alpha value is -2.89. The zero-order valence-electron chi connectivity index (χ0n) is 17.3. The van der Waals surface area contributed by atoms with Crippen LogP contribution in [0.5, 0.6) is 5.75 Å². The minimum absolute atomic E-state index is 0.0785. The molecule has 1 aliphatic rings. The van der Waals surface area contributed by atoms with Gasteiger partial charge in [-0.2, -0.15) is 0 Å². The molecular weight excluding hydrogens is 376 g/mol. The first-order valence-corrected chi connectivity index (χ1v) is 10.5. The molecule has 0 bridgehead atoms. The third-order valence-electron chi connectivity index (χ3n) is 5.58. The van der Waals surface area contributed by atoms with Crippen LogP contribution in [-0.2, 0) is 0 Å².